The molecule has 0 radical (unpaired) electrons. The molecule has 0 amide bonds. The summed E-state index contributed by atoms with van der Waals surface area (Å²) in [5.74, 6) is 0.225. The van der Waals surface area contributed by atoms with E-state index in [1.807, 2.05) is 24.3 Å². The van der Waals surface area contributed by atoms with Crippen LogP contribution in [0.3, 0.4) is 0 Å². The molecular weight excluding hydrogens is 506 g/mol. The SMILES string of the molecule is CCCCCCCCc1ccc([O-])cc1.CCCCCCCCc1ccc([O-])cc1.[Ba+2]. The molecule has 0 aliphatic carbocycles. The predicted molar refractivity (Wildman–Crippen MR) is 132 cm³/mol. The Bertz CT molecular complexity index is 565. The molecule has 0 aliphatic rings. The fourth-order valence-corrected chi connectivity index (χ4v) is 3.53. The van der Waals surface area contributed by atoms with Crippen molar-refractivity contribution in [1.29, 1.82) is 0 Å². The van der Waals surface area contributed by atoms with Gasteiger partial charge >= 0.3 is 48.9 Å². The van der Waals surface area contributed by atoms with Crippen molar-refractivity contribution < 1.29 is 10.2 Å². The van der Waals surface area contributed by atoms with E-state index < -0.39 is 0 Å². The van der Waals surface area contributed by atoms with Gasteiger partial charge in [0.05, 0.1) is 0 Å². The number of rotatable bonds is 14. The van der Waals surface area contributed by atoms with Crippen LogP contribution in [0.1, 0.15) is 102 Å². The first-order valence-corrected chi connectivity index (χ1v) is 12.2. The number of hydrogen-bond acceptors (Lipinski definition) is 2. The first kappa shape index (κ1) is 30.6. The molecule has 0 bridgehead atoms. The van der Waals surface area contributed by atoms with Crippen LogP contribution in [0.5, 0.6) is 11.5 Å². The van der Waals surface area contributed by atoms with Crippen molar-refractivity contribution in [2.45, 2.75) is 104 Å². The van der Waals surface area contributed by atoms with E-state index >= 15 is 0 Å². The van der Waals surface area contributed by atoms with Crippen molar-refractivity contribution in [3.63, 3.8) is 0 Å². The second-order valence-corrected chi connectivity index (χ2v) is 8.32. The van der Waals surface area contributed by atoms with Gasteiger partial charge in [-0.25, -0.2) is 0 Å². The minimum absolute atomic E-state index is 0. The Hall–Kier alpha value is -0.389. The van der Waals surface area contributed by atoms with Gasteiger partial charge in [-0.2, -0.15) is 0 Å². The van der Waals surface area contributed by atoms with Crippen molar-refractivity contribution in [3.05, 3.63) is 59.7 Å². The maximum absolute atomic E-state index is 10.9. The monoisotopic (exact) mass is 548 g/mol. The van der Waals surface area contributed by atoms with E-state index in [-0.39, 0.29) is 60.4 Å². The predicted octanol–water partition coefficient (Wildman–Crippen LogP) is 6.95. The standard InChI is InChI=1S/2C14H22O.Ba/c2*1-2-3-4-5-6-7-8-13-9-11-14(15)12-10-13;/h2*9-12,15H,2-8H2,1H3;/q;;+2/p-2. The summed E-state index contributed by atoms with van der Waals surface area (Å²) in [6.45, 7) is 4.48. The Kier molecular flexibility index (Phi) is 21.2. The molecule has 2 nitrogen and oxygen atoms in total. The zero-order valence-electron chi connectivity index (χ0n) is 20.0. The molecule has 0 fully saturated rings. The molecule has 2 aromatic carbocycles. The van der Waals surface area contributed by atoms with Crippen molar-refractivity contribution in [2.24, 2.45) is 0 Å². The summed E-state index contributed by atoms with van der Waals surface area (Å²) < 4.78 is 0. The van der Waals surface area contributed by atoms with E-state index in [0.717, 1.165) is 12.8 Å². The van der Waals surface area contributed by atoms with Crippen LogP contribution in [0.2, 0.25) is 0 Å². The van der Waals surface area contributed by atoms with Crippen LogP contribution >= 0.6 is 0 Å². The minimum Gasteiger partial charge on any atom is -0.872 e. The van der Waals surface area contributed by atoms with Crippen molar-refractivity contribution >= 4 is 48.9 Å². The van der Waals surface area contributed by atoms with Crippen molar-refractivity contribution in [3.8, 4) is 11.5 Å². The summed E-state index contributed by atoms with van der Waals surface area (Å²) in [5.41, 5.74) is 2.59. The van der Waals surface area contributed by atoms with Gasteiger partial charge in [-0.15, -0.1) is 11.5 Å². The zero-order valence-corrected chi connectivity index (χ0v) is 24.5. The van der Waals surface area contributed by atoms with E-state index in [1.54, 1.807) is 24.3 Å². The smallest absolute Gasteiger partial charge is 0.872 e. The van der Waals surface area contributed by atoms with Gasteiger partial charge < -0.3 is 10.2 Å². The quantitative estimate of drug-likeness (QED) is 0.190. The first-order chi connectivity index (χ1) is 14.7. The Balaban J connectivity index is 0.000000562. The minimum atomic E-state index is 0. The summed E-state index contributed by atoms with van der Waals surface area (Å²) >= 11 is 0. The number of benzene rings is 2. The van der Waals surface area contributed by atoms with E-state index in [1.165, 1.54) is 88.2 Å². The van der Waals surface area contributed by atoms with Crippen LogP contribution in [-0.4, -0.2) is 48.9 Å². The summed E-state index contributed by atoms with van der Waals surface area (Å²) in [6.07, 6.45) is 18.2. The van der Waals surface area contributed by atoms with Gasteiger partial charge in [0.25, 0.3) is 0 Å². The number of hydrogen-bond donors (Lipinski definition) is 0. The van der Waals surface area contributed by atoms with Crippen LogP contribution in [-0.2, 0) is 12.8 Å². The number of unbranched alkanes of at least 4 members (excludes halogenated alkanes) is 10. The second kappa shape index (κ2) is 21.5. The van der Waals surface area contributed by atoms with E-state index in [0.29, 0.717) is 0 Å². The average Bonchev–Trinajstić information content (AvgIpc) is 2.76. The van der Waals surface area contributed by atoms with Crippen LogP contribution in [0.15, 0.2) is 48.5 Å². The largest absolute Gasteiger partial charge is 2.00 e. The normalized spacial score (nSPS) is 10.1. The molecule has 0 unspecified atom stereocenters. The molecule has 31 heavy (non-hydrogen) atoms. The maximum Gasteiger partial charge on any atom is 2.00 e. The average molecular weight is 548 g/mol. The van der Waals surface area contributed by atoms with Gasteiger partial charge in [-0.05, 0) is 36.8 Å². The molecule has 0 saturated carbocycles. The number of aryl methyl sites for hydroxylation is 2. The molecule has 168 valence electrons. The van der Waals surface area contributed by atoms with Gasteiger partial charge in [0.1, 0.15) is 0 Å². The Morgan fingerprint density at radius 1 is 0.452 bits per heavy atom. The molecule has 0 N–H and O–H groups in total. The van der Waals surface area contributed by atoms with Crippen LogP contribution in [0, 0.1) is 0 Å². The fourth-order valence-electron chi connectivity index (χ4n) is 3.53. The Morgan fingerprint density at radius 3 is 1.06 bits per heavy atom. The first-order valence-electron chi connectivity index (χ1n) is 12.2. The van der Waals surface area contributed by atoms with Crippen LogP contribution < -0.4 is 10.2 Å². The molecule has 3 heteroatoms. The van der Waals surface area contributed by atoms with E-state index in [2.05, 4.69) is 13.8 Å². The topological polar surface area (TPSA) is 46.1 Å². The van der Waals surface area contributed by atoms with Gasteiger partial charge in [0, 0.05) is 0 Å². The molecule has 2 rings (SSSR count). The molecule has 0 atom stereocenters. The van der Waals surface area contributed by atoms with Crippen LogP contribution in [0.25, 0.3) is 0 Å². The Labute approximate surface area is 231 Å². The molecule has 0 saturated heterocycles. The van der Waals surface area contributed by atoms with Gasteiger partial charge in [0.15, 0.2) is 0 Å². The van der Waals surface area contributed by atoms with Gasteiger partial charge in [-0.3, -0.25) is 0 Å². The molecule has 2 aromatic rings. The van der Waals surface area contributed by atoms with Crippen LogP contribution in [0.4, 0.5) is 0 Å². The van der Waals surface area contributed by atoms with Gasteiger partial charge in [0.2, 0.25) is 0 Å². The third-order valence-corrected chi connectivity index (χ3v) is 5.48. The van der Waals surface area contributed by atoms with Gasteiger partial charge in [-0.1, -0.05) is 127 Å². The van der Waals surface area contributed by atoms with Crippen molar-refractivity contribution in [1.82, 2.24) is 0 Å². The molecule has 0 aromatic heterocycles. The molecule has 0 heterocycles. The van der Waals surface area contributed by atoms with E-state index in [4.69, 9.17) is 0 Å². The van der Waals surface area contributed by atoms with E-state index in [9.17, 15) is 10.2 Å². The summed E-state index contributed by atoms with van der Waals surface area (Å²) in [6, 6.07) is 14.4. The summed E-state index contributed by atoms with van der Waals surface area (Å²) in [7, 11) is 0. The second-order valence-electron chi connectivity index (χ2n) is 8.32. The summed E-state index contributed by atoms with van der Waals surface area (Å²) in [5, 5.41) is 21.7. The Morgan fingerprint density at radius 2 is 0.742 bits per heavy atom. The fraction of sp³-hybridized carbons (Fsp3) is 0.571. The van der Waals surface area contributed by atoms with Crippen molar-refractivity contribution in [2.75, 3.05) is 0 Å². The summed E-state index contributed by atoms with van der Waals surface area (Å²) in [4.78, 5) is 0. The molecular formula is C28H42BaO2. The molecule has 0 spiro atoms. The maximum atomic E-state index is 10.9. The third kappa shape index (κ3) is 17.8. The third-order valence-electron chi connectivity index (χ3n) is 5.48. The zero-order chi connectivity index (χ0) is 21.9. The molecule has 0 aliphatic heterocycles.